The Kier molecular flexibility index (Phi) is 5.11. The molecule has 0 amide bonds. The van der Waals surface area contributed by atoms with Crippen LogP contribution in [-0.2, 0) is 6.42 Å². The summed E-state index contributed by atoms with van der Waals surface area (Å²) in [5.41, 5.74) is 4.24. The zero-order valence-corrected chi connectivity index (χ0v) is 11.9. The van der Waals surface area contributed by atoms with Crippen molar-refractivity contribution in [3.63, 3.8) is 0 Å². The highest BCUT2D eigenvalue weighted by molar-refractivity contribution is 7.98. The van der Waals surface area contributed by atoms with Gasteiger partial charge in [0, 0.05) is 17.0 Å². The van der Waals surface area contributed by atoms with Crippen LogP contribution >= 0.6 is 11.8 Å². The van der Waals surface area contributed by atoms with Gasteiger partial charge in [0.1, 0.15) is 11.6 Å². The van der Waals surface area contributed by atoms with Crippen LogP contribution in [0.5, 0.6) is 0 Å². The second-order valence-corrected chi connectivity index (χ2v) is 5.35. The van der Waals surface area contributed by atoms with Crippen molar-refractivity contribution in [1.82, 2.24) is 5.43 Å². The monoisotopic (exact) mass is 294 g/mol. The van der Waals surface area contributed by atoms with Crippen molar-refractivity contribution in [2.75, 3.05) is 6.26 Å². The van der Waals surface area contributed by atoms with Crippen molar-refractivity contribution in [2.24, 2.45) is 5.84 Å². The molecule has 1 atom stereocenters. The molecule has 2 rings (SSSR count). The molecule has 0 aliphatic rings. The van der Waals surface area contributed by atoms with Gasteiger partial charge in [-0.2, -0.15) is 0 Å². The lowest BCUT2D eigenvalue weighted by Gasteiger charge is -2.17. The number of nitrogens with one attached hydrogen (secondary N) is 1. The Morgan fingerprint density at radius 2 is 1.70 bits per heavy atom. The van der Waals surface area contributed by atoms with E-state index in [9.17, 15) is 8.78 Å². The van der Waals surface area contributed by atoms with Crippen LogP contribution in [-0.4, -0.2) is 6.26 Å². The first kappa shape index (κ1) is 15.0. The predicted octanol–water partition coefficient (Wildman–Crippen LogP) is 3.43. The van der Waals surface area contributed by atoms with Gasteiger partial charge in [-0.3, -0.25) is 11.3 Å². The molecule has 5 heteroatoms. The molecule has 0 saturated carbocycles. The highest BCUT2D eigenvalue weighted by atomic mass is 32.2. The molecule has 0 aliphatic carbocycles. The van der Waals surface area contributed by atoms with Gasteiger partial charge in [0.2, 0.25) is 0 Å². The van der Waals surface area contributed by atoms with Gasteiger partial charge >= 0.3 is 0 Å². The molecule has 0 aromatic heterocycles. The van der Waals surface area contributed by atoms with Gasteiger partial charge in [0.05, 0.1) is 0 Å². The number of nitrogens with two attached hydrogens (primary N) is 1. The summed E-state index contributed by atoms with van der Waals surface area (Å²) in [6.45, 7) is 0. The summed E-state index contributed by atoms with van der Waals surface area (Å²) in [7, 11) is 0. The third kappa shape index (κ3) is 3.79. The zero-order valence-electron chi connectivity index (χ0n) is 11.1. The Hall–Kier alpha value is -1.43. The average Bonchev–Trinajstić information content (AvgIpc) is 2.44. The largest absolute Gasteiger partial charge is 0.271 e. The number of thioether (sulfide) groups is 1. The van der Waals surface area contributed by atoms with Gasteiger partial charge in [0.15, 0.2) is 0 Å². The Balaban J connectivity index is 2.19. The number of halogens is 2. The van der Waals surface area contributed by atoms with Crippen LogP contribution in [0, 0.1) is 11.6 Å². The molecule has 0 aliphatic heterocycles. The van der Waals surface area contributed by atoms with E-state index in [0.717, 1.165) is 16.5 Å². The third-order valence-electron chi connectivity index (χ3n) is 3.08. The fourth-order valence-electron chi connectivity index (χ4n) is 2.07. The minimum atomic E-state index is -0.575. The topological polar surface area (TPSA) is 38.0 Å². The molecular formula is C15H16F2N2S. The smallest absolute Gasteiger partial charge is 0.126 e. The minimum Gasteiger partial charge on any atom is -0.271 e. The number of hydrogen-bond donors (Lipinski definition) is 2. The average molecular weight is 294 g/mol. The van der Waals surface area contributed by atoms with E-state index in [1.54, 1.807) is 11.8 Å². The quantitative estimate of drug-likeness (QED) is 0.504. The number of hydrazine groups is 1. The summed E-state index contributed by atoms with van der Waals surface area (Å²) in [4.78, 5) is 1.15. The van der Waals surface area contributed by atoms with Crippen LogP contribution in [0.15, 0.2) is 47.4 Å². The second kappa shape index (κ2) is 6.83. The molecule has 20 heavy (non-hydrogen) atoms. The summed E-state index contributed by atoms with van der Waals surface area (Å²) >= 11 is 1.65. The summed E-state index contributed by atoms with van der Waals surface area (Å²) in [5.74, 6) is 4.41. The highest BCUT2D eigenvalue weighted by Gasteiger charge is 2.12. The normalized spacial score (nSPS) is 12.4. The lowest BCUT2D eigenvalue weighted by Crippen LogP contribution is -2.29. The third-order valence-corrected chi connectivity index (χ3v) is 3.83. The number of benzene rings is 2. The summed E-state index contributed by atoms with van der Waals surface area (Å²) in [5, 5.41) is 0. The van der Waals surface area contributed by atoms with E-state index in [-0.39, 0.29) is 6.04 Å². The molecule has 3 N–H and O–H groups in total. The Labute approximate surface area is 121 Å². The first-order valence-corrected chi connectivity index (χ1v) is 7.40. The molecule has 1 unspecified atom stereocenters. The van der Waals surface area contributed by atoms with Crippen molar-refractivity contribution in [3.8, 4) is 0 Å². The summed E-state index contributed by atoms with van der Waals surface area (Å²) < 4.78 is 26.4. The second-order valence-electron chi connectivity index (χ2n) is 4.47. The van der Waals surface area contributed by atoms with Gasteiger partial charge in [-0.1, -0.05) is 12.1 Å². The molecule has 2 aromatic carbocycles. The zero-order chi connectivity index (χ0) is 14.5. The maximum Gasteiger partial charge on any atom is 0.126 e. The summed E-state index contributed by atoms with van der Waals surface area (Å²) in [6.07, 6.45) is 2.42. The molecule has 0 bridgehead atoms. The van der Waals surface area contributed by atoms with Crippen LogP contribution in [0.3, 0.4) is 0 Å². The number of rotatable bonds is 5. The lowest BCUT2D eigenvalue weighted by molar-refractivity contribution is 0.540. The van der Waals surface area contributed by atoms with Gasteiger partial charge in [-0.15, -0.1) is 11.8 Å². The van der Waals surface area contributed by atoms with Gasteiger partial charge in [-0.25, -0.2) is 8.78 Å². The van der Waals surface area contributed by atoms with Crippen molar-refractivity contribution in [2.45, 2.75) is 17.4 Å². The molecule has 2 aromatic rings. The van der Waals surface area contributed by atoms with E-state index in [0.29, 0.717) is 12.0 Å². The molecule has 0 radical (unpaired) electrons. The molecule has 2 nitrogen and oxygen atoms in total. The van der Waals surface area contributed by atoms with Gasteiger partial charge < -0.3 is 0 Å². The van der Waals surface area contributed by atoms with Crippen LogP contribution in [0.4, 0.5) is 8.78 Å². The number of hydrogen-bond acceptors (Lipinski definition) is 3. The van der Waals surface area contributed by atoms with Gasteiger partial charge in [-0.05, 0) is 48.1 Å². The molecule has 106 valence electrons. The van der Waals surface area contributed by atoms with E-state index < -0.39 is 11.6 Å². The first-order valence-electron chi connectivity index (χ1n) is 6.17. The minimum absolute atomic E-state index is 0.188. The standard InChI is InChI=1S/C15H16F2N2S/c1-20-14-4-2-11(3-5-14)15(19-18)8-10-6-12(16)9-13(17)7-10/h2-7,9,15,19H,8,18H2,1H3. The van der Waals surface area contributed by atoms with Crippen molar-refractivity contribution in [1.29, 1.82) is 0 Å². The fraction of sp³-hybridized carbons (Fsp3) is 0.200. The molecule has 0 saturated heterocycles. The Bertz CT molecular complexity index is 552. The van der Waals surface area contributed by atoms with Crippen molar-refractivity contribution in [3.05, 3.63) is 65.2 Å². The van der Waals surface area contributed by atoms with Crippen molar-refractivity contribution >= 4 is 11.8 Å². The predicted molar refractivity (Wildman–Crippen MR) is 78.3 cm³/mol. The van der Waals surface area contributed by atoms with Crippen LogP contribution in [0.1, 0.15) is 17.2 Å². The maximum absolute atomic E-state index is 13.2. The van der Waals surface area contributed by atoms with Crippen LogP contribution < -0.4 is 11.3 Å². The Morgan fingerprint density at radius 1 is 1.10 bits per heavy atom. The maximum atomic E-state index is 13.2. The van der Waals surface area contributed by atoms with Gasteiger partial charge in [0.25, 0.3) is 0 Å². The molecule has 0 fully saturated rings. The molecule has 0 spiro atoms. The lowest BCUT2D eigenvalue weighted by atomic mass is 9.99. The highest BCUT2D eigenvalue weighted by Crippen LogP contribution is 2.22. The van der Waals surface area contributed by atoms with E-state index in [1.165, 1.54) is 12.1 Å². The van der Waals surface area contributed by atoms with Crippen molar-refractivity contribution < 1.29 is 8.78 Å². The fourth-order valence-corrected chi connectivity index (χ4v) is 2.48. The van der Waals surface area contributed by atoms with E-state index in [1.807, 2.05) is 30.5 Å². The Morgan fingerprint density at radius 3 is 2.20 bits per heavy atom. The molecule has 0 heterocycles. The van der Waals surface area contributed by atoms with Crippen LogP contribution in [0.2, 0.25) is 0 Å². The van der Waals surface area contributed by atoms with E-state index >= 15 is 0 Å². The summed E-state index contributed by atoms with van der Waals surface area (Å²) in [6, 6.07) is 11.2. The first-order chi connectivity index (χ1) is 9.62. The van der Waals surface area contributed by atoms with E-state index in [4.69, 9.17) is 5.84 Å². The van der Waals surface area contributed by atoms with Crippen LogP contribution in [0.25, 0.3) is 0 Å². The SMILES string of the molecule is CSc1ccc(C(Cc2cc(F)cc(F)c2)NN)cc1. The molecular weight excluding hydrogens is 278 g/mol. The van der Waals surface area contributed by atoms with E-state index in [2.05, 4.69) is 5.43 Å².